The van der Waals surface area contributed by atoms with Gasteiger partial charge in [-0.05, 0) is 93.0 Å². The second-order valence-electron chi connectivity index (χ2n) is 19.7. The number of benzene rings is 8. The minimum atomic E-state index is -0.173. The summed E-state index contributed by atoms with van der Waals surface area (Å²) in [6, 6.07) is 52.3. The lowest BCUT2D eigenvalue weighted by molar-refractivity contribution is 0.590. The van der Waals surface area contributed by atoms with Crippen LogP contribution >= 0.6 is 11.3 Å². The standard InChI is InChI=1S/C56H41BN2O2S/c1-55(2,3)30-19-22-32(23-20-30)59-42-27-37-34-14-9-12-18-47(34)62-48(37)28-39(42)49-50-35-15-8-11-17-45(35)61-54(50)51-38-25-31(56(4,5)6)21-24-41(38)58-43-29-46-36(33-13-7-10-16-44(33)60-46)26-40(43)57(59)52(49)53(51)58/h7-29H,1-6H3. The van der Waals surface area contributed by atoms with Gasteiger partial charge >= 0.3 is 6.85 Å². The largest absolute Gasteiger partial charge is 0.456 e. The molecule has 0 atom stereocenters. The second kappa shape index (κ2) is 11.6. The lowest BCUT2D eigenvalue weighted by atomic mass is 9.43. The highest BCUT2D eigenvalue weighted by Crippen LogP contribution is 2.53. The summed E-state index contributed by atoms with van der Waals surface area (Å²) in [6.45, 7) is 13.6. The summed E-state index contributed by atoms with van der Waals surface area (Å²) >= 11 is 1.89. The number of para-hydroxylation sites is 2. The molecule has 0 unspecified atom stereocenters. The van der Waals surface area contributed by atoms with Crippen molar-refractivity contribution in [3.63, 3.8) is 0 Å². The van der Waals surface area contributed by atoms with Crippen molar-refractivity contribution in [1.82, 2.24) is 4.57 Å². The van der Waals surface area contributed by atoms with Crippen LogP contribution in [0.3, 0.4) is 0 Å². The molecular weight excluding hydrogens is 776 g/mol. The predicted molar refractivity (Wildman–Crippen MR) is 265 cm³/mol. The number of hydrogen-bond acceptors (Lipinski definition) is 4. The molecule has 12 aromatic rings. The van der Waals surface area contributed by atoms with E-state index in [2.05, 4.69) is 190 Å². The van der Waals surface area contributed by atoms with E-state index in [1.165, 1.54) is 91.9 Å². The molecule has 296 valence electrons. The van der Waals surface area contributed by atoms with Gasteiger partial charge in [-0.1, -0.05) is 120 Å². The molecule has 4 aromatic heterocycles. The topological polar surface area (TPSA) is 34.5 Å². The zero-order chi connectivity index (χ0) is 41.6. The van der Waals surface area contributed by atoms with Crippen LogP contribution in [0.25, 0.3) is 103 Å². The fourth-order valence-corrected chi connectivity index (χ4v) is 12.2. The van der Waals surface area contributed by atoms with Crippen molar-refractivity contribution in [3.8, 4) is 16.8 Å². The Kier molecular flexibility index (Phi) is 6.52. The van der Waals surface area contributed by atoms with Crippen molar-refractivity contribution in [2.75, 3.05) is 4.81 Å². The van der Waals surface area contributed by atoms with Gasteiger partial charge in [-0.2, -0.15) is 0 Å². The molecule has 0 radical (unpaired) electrons. The molecule has 0 fully saturated rings. The number of aromatic nitrogens is 1. The summed E-state index contributed by atoms with van der Waals surface area (Å²) in [4.78, 5) is 2.66. The van der Waals surface area contributed by atoms with Crippen molar-refractivity contribution >= 4 is 126 Å². The van der Waals surface area contributed by atoms with E-state index < -0.39 is 0 Å². The smallest absolute Gasteiger partial charge is 0.333 e. The van der Waals surface area contributed by atoms with Crippen LogP contribution in [-0.4, -0.2) is 11.4 Å². The predicted octanol–water partition coefficient (Wildman–Crippen LogP) is 14.8. The van der Waals surface area contributed by atoms with Crippen LogP contribution in [-0.2, 0) is 10.8 Å². The molecule has 0 spiro atoms. The highest BCUT2D eigenvalue weighted by Gasteiger charge is 2.46. The zero-order valence-corrected chi connectivity index (χ0v) is 36.3. The molecule has 62 heavy (non-hydrogen) atoms. The third kappa shape index (κ3) is 4.42. The van der Waals surface area contributed by atoms with Crippen LogP contribution in [0.15, 0.2) is 148 Å². The quantitative estimate of drug-likeness (QED) is 0.155. The van der Waals surface area contributed by atoms with Crippen molar-refractivity contribution in [1.29, 1.82) is 0 Å². The molecule has 4 nitrogen and oxygen atoms in total. The average Bonchev–Trinajstić information content (AvgIpc) is 4.02. The van der Waals surface area contributed by atoms with Crippen LogP contribution < -0.4 is 15.7 Å². The Morgan fingerprint density at radius 1 is 0.516 bits per heavy atom. The Bertz CT molecular complexity index is 3960. The molecule has 8 aromatic carbocycles. The van der Waals surface area contributed by atoms with Gasteiger partial charge in [0.25, 0.3) is 0 Å². The second-order valence-corrected chi connectivity index (χ2v) is 20.8. The molecule has 2 aliphatic heterocycles. The summed E-state index contributed by atoms with van der Waals surface area (Å²) in [6.07, 6.45) is 0. The van der Waals surface area contributed by atoms with Gasteiger partial charge in [0.2, 0.25) is 0 Å². The first-order valence-electron chi connectivity index (χ1n) is 21.8. The van der Waals surface area contributed by atoms with Gasteiger partial charge in [-0.3, -0.25) is 0 Å². The molecule has 6 heterocycles. The molecule has 2 aliphatic rings. The monoisotopic (exact) mass is 816 g/mol. The van der Waals surface area contributed by atoms with E-state index in [4.69, 9.17) is 8.83 Å². The maximum atomic E-state index is 7.20. The summed E-state index contributed by atoms with van der Waals surface area (Å²) in [5.74, 6) is 0. The van der Waals surface area contributed by atoms with Gasteiger partial charge in [-0.25, -0.2) is 0 Å². The van der Waals surface area contributed by atoms with Crippen LogP contribution in [0, 0.1) is 0 Å². The van der Waals surface area contributed by atoms with Crippen LogP contribution in [0.2, 0.25) is 0 Å². The van der Waals surface area contributed by atoms with E-state index in [0.29, 0.717) is 0 Å². The highest BCUT2D eigenvalue weighted by molar-refractivity contribution is 7.25. The first kappa shape index (κ1) is 34.9. The summed E-state index contributed by atoms with van der Waals surface area (Å²) in [7, 11) is 0. The first-order chi connectivity index (χ1) is 30.0. The average molecular weight is 817 g/mol. The third-order valence-corrected chi connectivity index (χ3v) is 15.2. The maximum absolute atomic E-state index is 7.20. The van der Waals surface area contributed by atoms with Gasteiger partial charge in [0.15, 0.2) is 0 Å². The van der Waals surface area contributed by atoms with Crippen molar-refractivity contribution < 1.29 is 8.83 Å². The van der Waals surface area contributed by atoms with Gasteiger partial charge in [0.1, 0.15) is 22.3 Å². The Labute approximate surface area is 362 Å². The van der Waals surface area contributed by atoms with Gasteiger partial charge in [-0.15, -0.1) is 11.3 Å². The molecule has 0 bridgehead atoms. The maximum Gasteiger partial charge on any atom is 0.333 e. The number of nitrogens with zero attached hydrogens (tertiary/aromatic N) is 2. The number of furan rings is 2. The third-order valence-electron chi connectivity index (χ3n) is 14.1. The highest BCUT2D eigenvalue weighted by atomic mass is 32.1. The van der Waals surface area contributed by atoms with E-state index in [-0.39, 0.29) is 17.7 Å². The minimum absolute atomic E-state index is 0.0189. The van der Waals surface area contributed by atoms with E-state index in [1.807, 2.05) is 11.3 Å². The molecule has 0 saturated heterocycles. The van der Waals surface area contributed by atoms with E-state index in [9.17, 15) is 0 Å². The SMILES string of the molecule is CC(C)(C)c1ccc(N2B3c4cc5c(cc4-n4c6ccc(C(C)(C)C)cc6c6c7oc8ccccc8c7c(c3c64)-c3cc4sc6ccccc6c4cc32)oc2ccccc25)cc1. The van der Waals surface area contributed by atoms with Gasteiger partial charge in [0, 0.05) is 75.8 Å². The zero-order valence-electron chi connectivity index (χ0n) is 35.5. The molecule has 0 aliphatic carbocycles. The van der Waals surface area contributed by atoms with Gasteiger partial charge < -0.3 is 18.2 Å². The van der Waals surface area contributed by atoms with E-state index in [0.717, 1.165) is 44.2 Å². The molecule has 0 saturated carbocycles. The Morgan fingerprint density at radius 2 is 1.21 bits per heavy atom. The Balaban J connectivity index is 1.24. The first-order valence-corrected chi connectivity index (χ1v) is 22.6. The molecular formula is C56H41BN2O2S. The molecule has 6 heteroatoms. The van der Waals surface area contributed by atoms with Crippen LogP contribution in [0.5, 0.6) is 0 Å². The Morgan fingerprint density at radius 3 is 1.98 bits per heavy atom. The van der Waals surface area contributed by atoms with E-state index in [1.54, 1.807) is 0 Å². The van der Waals surface area contributed by atoms with Crippen LogP contribution in [0.1, 0.15) is 52.7 Å². The van der Waals surface area contributed by atoms with Crippen LogP contribution in [0.4, 0.5) is 11.4 Å². The summed E-state index contributed by atoms with van der Waals surface area (Å²) in [5, 5.41) is 9.57. The normalized spacial score (nSPS) is 13.9. The van der Waals surface area contributed by atoms with E-state index >= 15 is 0 Å². The van der Waals surface area contributed by atoms with Crippen molar-refractivity contribution in [3.05, 3.63) is 151 Å². The van der Waals surface area contributed by atoms with Crippen molar-refractivity contribution in [2.24, 2.45) is 0 Å². The lowest BCUT2D eigenvalue weighted by Gasteiger charge is -2.42. The Hall–Kier alpha value is -6.76. The molecule has 14 rings (SSSR count). The minimum Gasteiger partial charge on any atom is -0.456 e. The van der Waals surface area contributed by atoms with Crippen molar-refractivity contribution in [2.45, 2.75) is 52.4 Å². The number of rotatable bonds is 1. The number of fused-ring (bicyclic) bond motifs is 19. The fraction of sp³-hybridized carbons (Fsp3) is 0.143. The number of anilines is 2. The lowest BCUT2D eigenvalue weighted by Crippen LogP contribution is -2.60. The number of thiophene rings is 1. The molecule has 0 N–H and O–H groups in total. The summed E-state index contributed by atoms with van der Waals surface area (Å²) in [5.41, 5.74) is 17.2. The summed E-state index contributed by atoms with van der Waals surface area (Å²) < 4.78 is 19.1. The fourth-order valence-electron chi connectivity index (χ4n) is 11.1. The molecule has 0 amide bonds. The number of hydrogen-bond donors (Lipinski definition) is 0. The van der Waals surface area contributed by atoms with Gasteiger partial charge in [0.05, 0.1) is 16.4 Å².